The average molecular weight is 771 g/mol. The lowest BCUT2D eigenvalue weighted by Crippen LogP contribution is -1.97. The number of aromatic nitrogens is 4. The number of hydrogen-bond donors (Lipinski definition) is 0. The monoisotopic (exact) mass is 770 g/mol. The molecule has 0 spiro atoms. The fourth-order valence-electron chi connectivity index (χ4n) is 8.90. The van der Waals surface area contributed by atoms with Gasteiger partial charge in [0.1, 0.15) is 0 Å². The summed E-state index contributed by atoms with van der Waals surface area (Å²) in [6.45, 7) is 4.51. The Bertz CT molecular complexity index is 3340. The normalized spacial score (nSPS) is 12.2. The molecule has 0 aliphatic rings. The van der Waals surface area contributed by atoms with Gasteiger partial charge in [-0.05, 0) is 95.8 Å². The molecule has 8 aromatic carbocycles. The van der Waals surface area contributed by atoms with E-state index in [-0.39, 0.29) is 0 Å². The predicted octanol–water partition coefficient (Wildman–Crippen LogP) is 14.9. The predicted molar refractivity (Wildman–Crippen MR) is 251 cm³/mol. The molecule has 0 aliphatic carbocycles. The number of fused-ring (bicyclic) bond motifs is 6. The van der Waals surface area contributed by atoms with E-state index in [2.05, 4.69) is 205 Å². The van der Waals surface area contributed by atoms with Crippen molar-refractivity contribution >= 4 is 43.6 Å². The molecule has 0 radical (unpaired) electrons. The molecule has 0 N–H and O–H groups in total. The summed E-state index contributed by atoms with van der Waals surface area (Å²) in [5.41, 5.74) is 15.7. The third kappa shape index (κ3) is 6.08. The zero-order valence-electron chi connectivity index (χ0n) is 33.6. The Kier molecular flexibility index (Phi) is 8.70. The lowest BCUT2D eigenvalue weighted by Gasteiger charge is -2.13. The molecule has 0 aliphatic heterocycles. The first-order valence-electron chi connectivity index (χ1n) is 20.9. The van der Waals surface area contributed by atoms with Gasteiger partial charge in [-0.25, -0.2) is 9.97 Å². The zero-order chi connectivity index (χ0) is 40.2. The topological polar surface area (TPSA) is 35.6 Å². The van der Waals surface area contributed by atoms with Gasteiger partial charge in [0.2, 0.25) is 0 Å². The minimum atomic E-state index is 0.519. The molecule has 0 saturated heterocycles. The number of benzene rings is 8. The summed E-state index contributed by atoms with van der Waals surface area (Å²) in [4.78, 5) is 10.2. The standard InChI is InChI=1S/C56H42N4/c1-3-37(2)38-22-24-39(25-23-38)50-36-51(58-56(57-50)41-14-6-4-7-15-41)40-26-30-45(31-27-40)60-53-21-13-11-19-47(53)49-35-43(29-33-55(49)60)42-28-32-54-48(34-42)46-18-10-12-20-52(46)59(54)44-16-8-5-9-17-44/h4-37H,3H2,1-2H3. The smallest absolute Gasteiger partial charge is 0.160 e. The minimum Gasteiger partial charge on any atom is -0.309 e. The van der Waals surface area contributed by atoms with Crippen LogP contribution in [0.25, 0.3) is 100 Å². The van der Waals surface area contributed by atoms with Crippen LogP contribution in [0.2, 0.25) is 0 Å². The Morgan fingerprint density at radius 2 is 0.817 bits per heavy atom. The Morgan fingerprint density at radius 1 is 0.383 bits per heavy atom. The van der Waals surface area contributed by atoms with E-state index in [1.165, 1.54) is 66.0 Å². The van der Waals surface area contributed by atoms with E-state index >= 15 is 0 Å². The van der Waals surface area contributed by atoms with Crippen LogP contribution in [0.5, 0.6) is 0 Å². The van der Waals surface area contributed by atoms with E-state index in [4.69, 9.17) is 9.97 Å². The molecule has 1 atom stereocenters. The Balaban J connectivity index is 0.988. The summed E-state index contributed by atoms with van der Waals surface area (Å²) in [5, 5.41) is 4.96. The average Bonchev–Trinajstić information content (AvgIpc) is 3.84. The van der Waals surface area contributed by atoms with Crippen molar-refractivity contribution in [2.24, 2.45) is 0 Å². The summed E-state index contributed by atoms with van der Waals surface area (Å²) in [6.07, 6.45) is 1.11. The van der Waals surface area contributed by atoms with E-state index < -0.39 is 0 Å². The Labute approximate surface area is 349 Å². The van der Waals surface area contributed by atoms with Gasteiger partial charge in [-0.15, -0.1) is 0 Å². The zero-order valence-corrected chi connectivity index (χ0v) is 33.6. The van der Waals surface area contributed by atoms with E-state index in [0.717, 1.165) is 46.0 Å². The summed E-state index contributed by atoms with van der Waals surface area (Å²) >= 11 is 0. The van der Waals surface area contributed by atoms with E-state index in [1.54, 1.807) is 0 Å². The molecule has 11 aromatic rings. The Hall–Kier alpha value is -7.56. The highest BCUT2D eigenvalue weighted by atomic mass is 15.0. The van der Waals surface area contributed by atoms with Crippen molar-refractivity contribution in [2.45, 2.75) is 26.2 Å². The van der Waals surface area contributed by atoms with Gasteiger partial charge in [0, 0.05) is 49.6 Å². The van der Waals surface area contributed by atoms with Gasteiger partial charge in [0.25, 0.3) is 0 Å². The maximum atomic E-state index is 5.12. The molecule has 0 amide bonds. The molecule has 1 unspecified atom stereocenters. The van der Waals surface area contributed by atoms with E-state index in [1.807, 2.05) is 18.2 Å². The van der Waals surface area contributed by atoms with Crippen LogP contribution in [-0.4, -0.2) is 19.1 Å². The lowest BCUT2D eigenvalue weighted by atomic mass is 9.97. The molecule has 60 heavy (non-hydrogen) atoms. The maximum Gasteiger partial charge on any atom is 0.160 e. The number of nitrogens with zero attached hydrogens (tertiary/aromatic N) is 4. The highest BCUT2D eigenvalue weighted by Gasteiger charge is 2.17. The minimum absolute atomic E-state index is 0.519. The second-order valence-electron chi connectivity index (χ2n) is 15.8. The van der Waals surface area contributed by atoms with Crippen molar-refractivity contribution in [3.63, 3.8) is 0 Å². The van der Waals surface area contributed by atoms with Crippen LogP contribution < -0.4 is 0 Å². The highest BCUT2D eigenvalue weighted by molar-refractivity contribution is 6.12. The molecule has 11 rings (SSSR count). The summed E-state index contributed by atoms with van der Waals surface area (Å²) in [7, 11) is 0. The number of rotatable bonds is 8. The molecule has 0 saturated carbocycles. The van der Waals surface area contributed by atoms with Gasteiger partial charge in [-0.1, -0.05) is 147 Å². The SMILES string of the molecule is CCC(C)c1ccc(-c2cc(-c3ccc(-n4c5ccccc5c5cc(-c6ccc7c(c6)c6ccccc6n7-c6ccccc6)ccc54)cc3)nc(-c3ccccc3)n2)cc1. The molecular weight excluding hydrogens is 729 g/mol. The molecule has 3 aromatic heterocycles. The van der Waals surface area contributed by atoms with Crippen LogP contribution in [0, 0.1) is 0 Å². The van der Waals surface area contributed by atoms with Crippen LogP contribution >= 0.6 is 0 Å². The second-order valence-corrected chi connectivity index (χ2v) is 15.8. The van der Waals surface area contributed by atoms with E-state index in [9.17, 15) is 0 Å². The molecule has 4 nitrogen and oxygen atoms in total. The second kappa shape index (κ2) is 14.7. The van der Waals surface area contributed by atoms with Crippen LogP contribution in [0.1, 0.15) is 31.7 Å². The number of hydrogen-bond acceptors (Lipinski definition) is 2. The molecule has 286 valence electrons. The van der Waals surface area contributed by atoms with E-state index in [0.29, 0.717) is 5.92 Å². The van der Waals surface area contributed by atoms with Crippen LogP contribution in [0.15, 0.2) is 200 Å². The van der Waals surface area contributed by atoms with Crippen molar-refractivity contribution < 1.29 is 0 Å². The maximum absolute atomic E-state index is 5.12. The van der Waals surface area contributed by atoms with Crippen molar-refractivity contribution in [3.05, 3.63) is 206 Å². The largest absolute Gasteiger partial charge is 0.309 e. The Morgan fingerprint density at radius 3 is 1.35 bits per heavy atom. The highest BCUT2D eigenvalue weighted by Crippen LogP contribution is 2.39. The summed E-state index contributed by atoms with van der Waals surface area (Å²) in [6, 6.07) is 72.0. The van der Waals surface area contributed by atoms with Gasteiger partial charge >= 0.3 is 0 Å². The van der Waals surface area contributed by atoms with Crippen LogP contribution in [0.4, 0.5) is 0 Å². The fourth-order valence-corrected chi connectivity index (χ4v) is 8.90. The summed E-state index contributed by atoms with van der Waals surface area (Å²) in [5.74, 6) is 1.24. The quantitative estimate of drug-likeness (QED) is 0.154. The van der Waals surface area contributed by atoms with Gasteiger partial charge in [0.15, 0.2) is 5.82 Å². The first-order chi connectivity index (χ1) is 29.6. The van der Waals surface area contributed by atoms with Crippen molar-refractivity contribution in [2.75, 3.05) is 0 Å². The van der Waals surface area contributed by atoms with Crippen LogP contribution in [0.3, 0.4) is 0 Å². The van der Waals surface area contributed by atoms with Crippen molar-refractivity contribution in [1.82, 2.24) is 19.1 Å². The van der Waals surface area contributed by atoms with Gasteiger partial charge < -0.3 is 9.13 Å². The van der Waals surface area contributed by atoms with Gasteiger partial charge in [0.05, 0.1) is 33.5 Å². The van der Waals surface area contributed by atoms with Crippen molar-refractivity contribution in [3.8, 4) is 56.4 Å². The van der Waals surface area contributed by atoms with Crippen molar-refractivity contribution in [1.29, 1.82) is 0 Å². The number of para-hydroxylation sites is 3. The molecule has 0 bridgehead atoms. The fraction of sp³-hybridized carbons (Fsp3) is 0.0714. The molecular formula is C56H42N4. The van der Waals surface area contributed by atoms with Gasteiger partial charge in [-0.3, -0.25) is 0 Å². The first kappa shape index (κ1) is 35.6. The van der Waals surface area contributed by atoms with Crippen LogP contribution in [-0.2, 0) is 0 Å². The summed E-state index contributed by atoms with van der Waals surface area (Å²) < 4.78 is 4.75. The first-order valence-corrected chi connectivity index (χ1v) is 20.9. The molecule has 0 fully saturated rings. The van der Waals surface area contributed by atoms with Gasteiger partial charge in [-0.2, -0.15) is 0 Å². The lowest BCUT2D eigenvalue weighted by molar-refractivity contribution is 0.734. The molecule has 3 heterocycles. The third-order valence-corrected chi connectivity index (χ3v) is 12.3. The third-order valence-electron chi connectivity index (χ3n) is 12.3. The molecule has 4 heteroatoms.